The zero-order chi connectivity index (χ0) is 27.6. The molecule has 40 heavy (non-hydrogen) atoms. The zero-order valence-electron chi connectivity index (χ0n) is 21.7. The Morgan fingerprint density at radius 1 is 1.15 bits per heavy atom. The molecule has 5 heterocycles. The zero-order valence-corrected chi connectivity index (χ0v) is 23.3. The van der Waals surface area contributed by atoms with Gasteiger partial charge in [0.15, 0.2) is 0 Å². The van der Waals surface area contributed by atoms with E-state index in [1.807, 2.05) is 18.2 Å². The molecule has 1 aliphatic carbocycles. The highest BCUT2D eigenvalue weighted by atomic mass is 35.5. The first-order valence-corrected chi connectivity index (χ1v) is 14.8. The summed E-state index contributed by atoms with van der Waals surface area (Å²) in [5.74, 6) is 0. The SMILES string of the molecule is O=c1ccn(C(F)F)c(=O)n1Cc1cc2nccc(-c3cc(Cl)cc4c3N([C@@H]3CNC5(CCC5)C3)CCC4)c2s1. The second kappa shape index (κ2) is 9.78. The van der Waals surface area contributed by atoms with Crippen molar-refractivity contribution < 1.29 is 8.78 Å². The largest absolute Gasteiger partial charge is 0.366 e. The number of nitrogens with zero attached hydrogens (tertiary/aromatic N) is 4. The number of aryl methyl sites for hydroxylation is 1. The fourth-order valence-corrected chi connectivity index (χ4v) is 8.07. The molecule has 4 aromatic rings. The van der Waals surface area contributed by atoms with Crippen molar-refractivity contribution in [3.05, 3.63) is 79.0 Å². The predicted molar refractivity (Wildman–Crippen MR) is 154 cm³/mol. The van der Waals surface area contributed by atoms with Crippen LogP contribution in [0, 0.1) is 0 Å². The van der Waals surface area contributed by atoms with Gasteiger partial charge in [-0.25, -0.2) is 9.36 Å². The highest BCUT2D eigenvalue weighted by Gasteiger charge is 2.45. The summed E-state index contributed by atoms with van der Waals surface area (Å²) in [4.78, 5) is 32.8. The van der Waals surface area contributed by atoms with Gasteiger partial charge in [0.2, 0.25) is 0 Å². The van der Waals surface area contributed by atoms with Gasteiger partial charge in [-0.3, -0.25) is 14.3 Å². The summed E-state index contributed by atoms with van der Waals surface area (Å²) in [5.41, 5.74) is 3.86. The third kappa shape index (κ3) is 4.28. The summed E-state index contributed by atoms with van der Waals surface area (Å²) in [7, 11) is 0. The van der Waals surface area contributed by atoms with E-state index in [-0.39, 0.29) is 11.1 Å². The summed E-state index contributed by atoms with van der Waals surface area (Å²) in [6.07, 6.45) is 9.55. The van der Waals surface area contributed by atoms with E-state index in [2.05, 4.69) is 21.3 Å². The molecule has 2 aliphatic heterocycles. The molecule has 0 radical (unpaired) electrons. The van der Waals surface area contributed by atoms with Gasteiger partial charge >= 0.3 is 12.2 Å². The van der Waals surface area contributed by atoms with Gasteiger partial charge < -0.3 is 10.2 Å². The molecule has 7 nitrogen and oxygen atoms in total. The van der Waals surface area contributed by atoms with Crippen LogP contribution in [0.3, 0.4) is 0 Å². The van der Waals surface area contributed by atoms with Crippen molar-refractivity contribution in [2.75, 3.05) is 18.0 Å². The third-order valence-corrected chi connectivity index (χ3v) is 10.1. The van der Waals surface area contributed by atoms with Gasteiger partial charge in [0.05, 0.1) is 16.8 Å². The number of halogens is 3. The number of thiophene rings is 1. The Labute approximate surface area is 238 Å². The van der Waals surface area contributed by atoms with E-state index < -0.39 is 17.8 Å². The highest BCUT2D eigenvalue weighted by Crippen LogP contribution is 2.47. The second-order valence-corrected chi connectivity index (χ2v) is 12.7. The molecule has 1 saturated heterocycles. The van der Waals surface area contributed by atoms with Crippen LogP contribution in [0.1, 0.15) is 49.1 Å². The van der Waals surface area contributed by atoms with Crippen LogP contribution in [0.25, 0.3) is 21.3 Å². The lowest BCUT2D eigenvalue weighted by molar-refractivity contribution is 0.0630. The minimum Gasteiger partial charge on any atom is -0.366 e. The van der Waals surface area contributed by atoms with Crippen LogP contribution in [0.4, 0.5) is 14.5 Å². The lowest BCUT2D eigenvalue weighted by atomic mass is 9.75. The van der Waals surface area contributed by atoms with E-state index >= 15 is 0 Å². The summed E-state index contributed by atoms with van der Waals surface area (Å²) in [6, 6.07) is 9.32. The van der Waals surface area contributed by atoms with Crippen LogP contribution in [0.15, 0.2) is 52.3 Å². The number of nitrogens with one attached hydrogen (secondary N) is 1. The fraction of sp³-hybridized carbons (Fsp3) is 0.414. The van der Waals surface area contributed by atoms with Crippen molar-refractivity contribution in [1.29, 1.82) is 0 Å². The average Bonchev–Trinajstić information content (AvgIpc) is 3.55. The third-order valence-electron chi connectivity index (χ3n) is 8.75. The van der Waals surface area contributed by atoms with Crippen LogP contribution in [0.5, 0.6) is 0 Å². The van der Waals surface area contributed by atoms with E-state index in [0.29, 0.717) is 21.5 Å². The van der Waals surface area contributed by atoms with Crippen molar-refractivity contribution in [2.45, 2.75) is 63.2 Å². The van der Waals surface area contributed by atoms with E-state index in [4.69, 9.17) is 11.6 Å². The molecule has 3 aromatic heterocycles. The van der Waals surface area contributed by atoms with Gasteiger partial charge in [0.1, 0.15) is 0 Å². The Bertz CT molecular complexity index is 1740. The highest BCUT2D eigenvalue weighted by molar-refractivity contribution is 7.19. The molecule has 7 rings (SSSR count). The Morgan fingerprint density at radius 3 is 2.75 bits per heavy atom. The Hall–Kier alpha value is -3.08. The number of fused-ring (bicyclic) bond motifs is 2. The normalized spacial score (nSPS) is 19.9. The molecule has 3 aliphatic rings. The first kappa shape index (κ1) is 25.9. The van der Waals surface area contributed by atoms with Gasteiger partial charge in [-0.2, -0.15) is 8.78 Å². The summed E-state index contributed by atoms with van der Waals surface area (Å²) < 4.78 is 28.6. The van der Waals surface area contributed by atoms with E-state index in [1.54, 1.807) is 6.20 Å². The molecule has 1 aromatic carbocycles. The number of aromatic nitrogens is 3. The summed E-state index contributed by atoms with van der Waals surface area (Å²) in [6.45, 7) is -1.18. The lowest BCUT2D eigenvalue weighted by Gasteiger charge is -2.41. The maximum atomic E-state index is 13.3. The van der Waals surface area contributed by atoms with Crippen molar-refractivity contribution >= 4 is 38.8 Å². The average molecular weight is 584 g/mol. The minimum absolute atomic E-state index is 0.110. The van der Waals surface area contributed by atoms with Gasteiger partial charge in [0.25, 0.3) is 5.56 Å². The summed E-state index contributed by atoms with van der Waals surface area (Å²) in [5, 5.41) is 4.50. The maximum absolute atomic E-state index is 13.3. The molecule has 208 valence electrons. The Morgan fingerprint density at radius 2 is 2.00 bits per heavy atom. The van der Waals surface area contributed by atoms with Crippen LogP contribution in [-0.4, -0.2) is 38.8 Å². The van der Waals surface area contributed by atoms with Crippen molar-refractivity contribution in [3.8, 4) is 11.1 Å². The molecule has 0 unspecified atom stereocenters. The van der Waals surface area contributed by atoms with Crippen LogP contribution < -0.4 is 21.5 Å². The maximum Gasteiger partial charge on any atom is 0.335 e. The molecule has 1 atom stereocenters. The molecule has 0 bridgehead atoms. The quantitative estimate of drug-likeness (QED) is 0.340. The van der Waals surface area contributed by atoms with Crippen molar-refractivity contribution in [1.82, 2.24) is 19.4 Å². The van der Waals surface area contributed by atoms with Crippen LogP contribution in [-0.2, 0) is 13.0 Å². The van der Waals surface area contributed by atoms with Gasteiger partial charge in [-0.05, 0) is 68.4 Å². The first-order chi connectivity index (χ1) is 19.3. The molecular formula is C29H28ClF2N5O2S. The fourth-order valence-electron chi connectivity index (χ4n) is 6.70. The van der Waals surface area contributed by atoms with E-state index in [1.165, 1.54) is 41.9 Å². The number of pyridine rings is 1. The van der Waals surface area contributed by atoms with Gasteiger partial charge in [-0.15, -0.1) is 11.3 Å². The van der Waals surface area contributed by atoms with Crippen LogP contribution in [0.2, 0.25) is 5.02 Å². The van der Waals surface area contributed by atoms with Gasteiger partial charge in [-0.1, -0.05) is 11.6 Å². The number of benzene rings is 1. The smallest absolute Gasteiger partial charge is 0.335 e. The standard InChI is InChI=1S/C29H28ClF2N5O2S/c30-18-11-17-3-1-9-35(19-14-29(34-15-19)6-2-7-29)25(17)22(12-18)21-4-8-33-23-13-20(40-26(21)23)16-37-24(38)5-10-36(27(31)32)28(37)39/h4-5,8,10-13,19,27,34H,1-3,6-7,9,14-16H2/t19-/m0/s1. The topological polar surface area (TPSA) is 72.2 Å². The van der Waals surface area contributed by atoms with Crippen molar-refractivity contribution in [3.63, 3.8) is 0 Å². The number of anilines is 1. The molecule has 1 spiro atoms. The Kier molecular flexibility index (Phi) is 6.32. The number of hydrogen-bond acceptors (Lipinski definition) is 6. The summed E-state index contributed by atoms with van der Waals surface area (Å²) >= 11 is 8.09. The van der Waals surface area contributed by atoms with Gasteiger partial charge in [0, 0.05) is 69.8 Å². The Balaban J connectivity index is 1.31. The molecule has 11 heteroatoms. The molecule has 1 saturated carbocycles. The number of alkyl halides is 2. The van der Waals surface area contributed by atoms with E-state index in [9.17, 15) is 18.4 Å². The second-order valence-electron chi connectivity index (χ2n) is 11.1. The first-order valence-electron chi connectivity index (χ1n) is 13.6. The molecule has 0 amide bonds. The molecule has 1 N–H and O–H groups in total. The molecule has 2 fully saturated rings. The molecular weight excluding hydrogens is 556 g/mol. The van der Waals surface area contributed by atoms with Crippen molar-refractivity contribution in [2.24, 2.45) is 0 Å². The lowest BCUT2D eigenvalue weighted by Crippen LogP contribution is -2.46. The predicted octanol–water partition coefficient (Wildman–Crippen LogP) is 5.42. The number of hydrogen-bond donors (Lipinski definition) is 1. The number of rotatable bonds is 5. The minimum atomic E-state index is -3.03. The van der Waals surface area contributed by atoms with E-state index in [0.717, 1.165) is 70.5 Å². The van der Waals surface area contributed by atoms with Crippen LogP contribution >= 0.6 is 22.9 Å². The monoisotopic (exact) mass is 583 g/mol.